The Balaban J connectivity index is 2.53. The molecule has 84 valence electrons. The van der Waals surface area contributed by atoms with Crippen LogP contribution in [-0.4, -0.2) is 11.8 Å². The molecule has 3 heteroatoms. The monoisotopic (exact) mass is 225 g/mol. The summed E-state index contributed by atoms with van der Waals surface area (Å²) in [7, 11) is 0. The minimum Gasteiger partial charge on any atom is -0.288 e. The van der Waals surface area contributed by atoms with E-state index in [1.54, 1.807) is 6.07 Å². The van der Waals surface area contributed by atoms with Gasteiger partial charge in [-0.2, -0.15) is 0 Å². The van der Waals surface area contributed by atoms with Crippen LogP contribution in [0, 0.1) is 0 Å². The first-order valence-corrected chi connectivity index (χ1v) is 5.62. The van der Waals surface area contributed by atoms with Gasteiger partial charge in [0.1, 0.15) is 0 Å². The third kappa shape index (κ3) is 1.29. The zero-order valence-corrected chi connectivity index (χ0v) is 9.41. The number of benzene rings is 2. The van der Waals surface area contributed by atoms with Crippen molar-refractivity contribution >= 4 is 22.6 Å². The normalized spacial score (nSPS) is 13.9. The van der Waals surface area contributed by atoms with Crippen LogP contribution in [0.5, 0.6) is 0 Å². The van der Waals surface area contributed by atoms with E-state index in [0.717, 1.165) is 22.8 Å². The van der Waals surface area contributed by atoms with Gasteiger partial charge in [0, 0.05) is 10.9 Å². The van der Waals surface area contributed by atoms with Crippen molar-refractivity contribution in [3.05, 3.63) is 47.0 Å². The number of carbonyl (C=O) groups excluding carboxylic acids is 2. The zero-order chi connectivity index (χ0) is 12.0. The number of imide groups is 1. The Morgan fingerprint density at radius 2 is 1.88 bits per heavy atom. The summed E-state index contributed by atoms with van der Waals surface area (Å²) in [5, 5.41) is 4.13. The molecule has 1 aliphatic heterocycles. The molecule has 1 heterocycles. The van der Waals surface area contributed by atoms with Crippen molar-refractivity contribution in [2.75, 3.05) is 0 Å². The predicted molar refractivity (Wildman–Crippen MR) is 65.1 cm³/mol. The second kappa shape index (κ2) is 3.42. The van der Waals surface area contributed by atoms with Crippen LogP contribution in [0.25, 0.3) is 10.8 Å². The molecule has 0 unspecified atom stereocenters. The van der Waals surface area contributed by atoms with Crippen molar-refractivity contribution in [2.45, 2.75) is 13.3 Å². The minimum atomic E-state index is -0.304. The van der Waals surface area contributed by atoms with Crippen LogP contribution in [-0.2, 0) is 6.42 Å². The maximum Gasteiger partial charge on any atom is 0.259 e. The van der Waals surface area contributed by atoms with Gasteiger partial charge in [-0.05, 0) is 23.4 Å². The van der Waals surface area contributed by atoms with Crippen LogP contribution in [0.4, 0.5) is 0 Å². The van der Waals surface area contributed by atoms with Crippen molar-refractivity contribution in [2.24, 2.45) is 0 Å². The molecule has 2 aromatic rings. The summed E-state index contributed by atoms with van der Waals surface area (Å²) in [6, 6.07) is 9.44. The molecular formula is C14H11NO2. The SMILES string of the molecule is CCc1ccc2cccc3c2c1C(=O)NC3=O. The smallest absolute Gasteiger partial charge is 0.259 e. The molecule has 0 bridgehead atoms. The predicted octanol–water partition coefficient (Wildman–Crippen LogP) is 2.29. The first kappa shape index (κ1) is 10.0. The average Bonchev–Trinajstić information content (AvgIpc) is 2.35. The number of hydrogen-bond donors (Lipinski definition) is 1. The van der Waals surface area contributed by atoms with Gasteiger partial charge in [0.05, 0.1) is 5.56 Å². The van der Waals surface area contributed by atoms with Gasteiger partial charge < -0.3 is 0 Å². The van der Waals surface area contributed by atoms with Gasteiger partial charge in [-0.3, -0.25) is 14.9 Å². The van der Waals surface area contributed by atoms with Crippen LogP contribution in [0.1, 0.15) is 33.2 Å². The lowest BCUT2D eigenvalue weighted by Gasteiger charge is -2.18. The fourth-order valence-electron chi connectivity index (χ4n) is 2.40. The van der Waals surface area contributed by atoms with Crippen LogP contribution in [0.15, 0.2) is 30.3 Å². The van der Waals surface area contributed by atoms with Gasteiger partial charge in [0.2, 0.25) is 0 Å². The molecule has 3 rings (SSSR count). The second-order valence-corrected chi connectivity index (χ2v) is 4.14. The van der Waals surface area contributed by atoms with Gasteiger partial charge >= 0.3 is 0 Å². The van der Waals surface area contributed by atoms with Crippen molar-refractivity contribution in [3.8, 4) is 0 Å². The quantitative estimate of drug-likeness (QED) is 0.757. The Bertz CT molecular complexity index is 659. The fourth-order valence-corrected chi connectivity index (χ4v) is 2.40. The van der Waals surface area contributed by atoms with Crippen molar-refractivity contribution in [1.29, 1.82) is 0 Å². The van der Waals surface area contributed by atoms with E-state index in [0.29, 0.717) is 11.1 Å². The number of amides is 2. The lowest BCUT2D eigenvalue weighted by atomic mass is 9.91. The highest BCUT2D eigenvalue weighted by Gasteiger charge is 2.26. The second-order valence-electron chi connectivity index (χ2n) is 4.14. The van der Waals surface area contributed by atoms with E-state index in [4.69, 9.17) is 0 Å². The Labute approximate surface area is 98.4 Å². The molecule has 0 radical (unpaired) electrons. The van der Waals surface area contributed by atoms with Gasteiger partial charge in [-0.25, -0.2) is 0 Å². The molecule has 1 N–H and O–H groups in total. The number of hydrogen-bond acceptors (Lipinski definition) is 2. The molecule has 17 heavy (non-hydrogen) atoms. The number of carbonyl (C=O) groups is 2. The zero-order valence-electron chi connectivity index (χ0n) is 9.41. The lowest BCUT2D eigenvalue weighted by molar-refractivity contribution is 0.0844. The Morgan fingerprint density at radius 1 is 1.06 bits per heavy atom. The molecule has 0 aliphatic carbocycles. The standard InChI is InChI=1S/C14H11NO2/c1-2-8-6-7-9-4-3-5-10-11(9)12(8)14(17)15-13(10)16/h3-7H,2H2,1H3,(H,15,16,17). The van der Waals surface area contributed by atoms with E-state index >= 15 is 0 Å². The van der Waals surface area contributed by atoms with Gasteiger partial charge in [0.15, 0.2) is 0 Å². The first-order chi connectivity index (χ1) is 8.22. The van der Waals surface area contributed by atoms with Crippen LogP contribution < -0.4 is 5.32 Å². The van der Waals surface area contributed by atoms with Crippen molar-refractivity contribution in [1.82, 2.24) is 5.32 Å². The number of aryl methyl sites for hydroxylation is 1. The summed E-state index contributed by atoms with van der Waals surface area (Å²) in [5.41, 5.74) is 2.22. The summed E-state index contributed by atoms with van der Waals surface area (Å²) in [4.78, 5) is 23.7. The molecule has 2 aromatic carbocycles. The van der Waals surface area contributed by atoms with Gasteiger partial charge in [-0.15, -0.1) is 0 Å². The summed E-state index contributed by atoms with van der Waals surface area (Å²) in [6.07, 6.45) is 0.779. The highest BCUT2D eigenvalue weighted by molar-refractivity contribution is 6.26. The maximum atomic E-state index is 11.9. The van der Waals surface area contributed by atoms with Crippen LogP contribution in [0.2, 0.25) is 0 Å². The third-order valence-electron chi connectivity index (χ3n) is 3.21. The molecule has 0 atom stereocenters. The van der Waals surface area contributed by atoms with E-state index in [9.17, 15) is 9.59 Å². The van der Waals surface area contributed by atoms with Crippen LogP contribution in [0.3, 0.4) is 0 Å². The van der Waals surface area contributed by atoms with E-state index in [2.05, 4.69) is 5.32 Å². The van der Waals surface area contributed by atoms with E-state index in [1.165, 1.54) is 0 Å². The molecule has 0 saturated heterocycles. The van der Waals surface area contributed by atoms with Gasteiger partial charge in [-0.1, -0.05) is 31.2 Å². The molecule has 0 aromatic heterocycles. The molecule has 0 saturated carbocycles. The largest absolute Gasteiger partial charge is 0.288 e. The third-order valence-corrected chi connectivity index (χ3v) is 3.21. The summed E-state index contributed by atoms with van der Waals surface area (Å²) in [6.45, 7) is 2.00. The Morgan fingerprint density at radius 3 is 2.65 bits per heavy atom. The topological polar surface area (TPSA) is 46.2 Å². The Kier molecular flexibility index (Phi) is 2.01. The van der Waals surface area contributed by atoms with E-state index < -0.39 is 0 Å². The first-order valence-electron chi connectivity index (χ1n) is 5.62. The molecule has 0 spiro atoms. The maximum absolute atomic E-state index is 11.9. The Hall–Kier alpha value is -2.16. The molecule has 1 aliphatic rings. The highest BCUT2D eigenvalue weighted by atomic mass is 16.2. The summed E-state index contributed by atoms with van der Waals surface area (Å²) in [5.74, 6) is -0.586. The number of nitrogens with one attached hydrogen (secondary N) is 1. The molecular weight excluding hydrogens is 214 g/mol. The lowest BCUT2D eigenvalue weighted by Crippen LogP contribution is -2.35. The minimum absolute atomic E-state index is 0.281. The molecule has 2 amide bonds. The van der Waals surface area contributed by atoms with E-state index in [1.807, 2.05) is 31.2 Å². The summed E-state index contributed by atoms with van der Waals surface area (Å²) >= 11 is 0. The van der Waals surface area contributed by atoms with Crippen LogP contribution >= 0.6 is 0 Å². The fraction of sp³-hybridized carbons (Fsp3) is 0.143. The summed E-state index contributed by atoms with van der Waals surface area (Å²) < 4.78 is 0. The van der Waals surface area contributed by atoms with Crippen molar-refractivity contribution in [3.63, 3.8) is 0 Å². The van der Waals surface area contributed by atoms with Gasteiger partial charge in [0.25, 0.3) is 11.8 Å². The van der Waals surface area contributed by atoms with Crippen molar-refractivity contribution < 1.29 is 9.59 Å². The van der Waals surface area contributed by atoms with E-state index in [-0.39, 0.29) is 11.8 Å². The highest BCUT2D eigenvalue weighted by Crippen LogP contribution is 2.29. The number of rotatable bonds is 1. The average molecular weight is 225 g/mol. The molecule has 3 nitrogen and oxygen atoms in total. The molecule has 0 fully saturated rings.